The van der Waals surface area contributed by atoms with E-state index in [2.05, 4.69) is 16.2 Å². The molecular weight excluding hydrogens is 306 g/mol. The first-order valence-corrected chi connectivity index (χ1v) is 7.16. The highest BCUT2D eigenvalue weighted by Crippen LogP contribution is 2.29. The van der Waals surface area contributed by atoms with Gasteiger partial charge in [0, 0.05) is 18.6 Å². The molecule has 0 aliphatic carbocycles. The quantitative estimate of drug-likeness (QED) is 0.612. The number of nitriles is 1. The zero-order valence-corrected chi connectivity index (χ0v) is 12.6. The van der Waals surface area contributed by atoms with E-state index in [9.17, 15) is 4.79 Å². The van der Waals surface area contributed by atoms with Gasteiger partial charge in [0.15, 0.2) is 0 Å². The van der Waals surface area contributed by atoms with Crippen LogP contribution in [0.15, 0.2) is 42.7 Å². The Kier molecular flexibility index (Phi) is 2.87. The van der Waals surface area contributed by atoms with Crippen molar-refractivity contribution in [1.29, 1.82) is 5.26 Å². The van der Waals surface area contributed by atoms with Gasteiger partial charge in [-0.3, -0.25) is 9.08 Å². The number of pyridine rings is 1. The summed E-state index contributed by atoms with van der Waals surface area (Å²) in [6.07, 6.45) is 3.41. The Balaban J connectivity index is 2.00. The molecule has 1 N–H and O–H groups in total. The van der Waals surface area contributed by atoms with Gasteiger partial charge in [0.05, 0.1) is 28.5 Å². The second-order valence-corrected chi connectivity index (χ2v) is 5.41. The van der Waals surface area contributed by atoms with E-state index >= 15 is 0 Å². The summed E-state index contributed by atoms with van der Waals surface area (Å²) in [5, 5.41) is 23.6. The summed E-state index contributed by atoms with van der Waals surface area (Å²) in [5.74, 6) is -0.979. The Morgan fingerprint density at radius 1 is 1.29 bits per heavy atom. The number of aryl methyl sites for hydroxylation is 1. The number of hydrogen-bond donors (Lipinski definition) is 1. The third-order valence-electron chi connectivity index (χ3n) is 3.98. The summed E-state index contributed by atoms with van der Waals surface area (Å²) >= 11 is 0. The summed E-state index contributed by atoms with van der Waals surface area (Å²) in [4.78, 5) is 15.5. The first-order valence-electron chi connectivity index (χ1n) is 7.16. The topological polar surface area (TPSA) is 96.2 Å². The average Bonchev–Trinajstić information content (AvgIpc) is 3.15. The van der Waals surface area contributed by atoms with Crippen LogP contribution >= 0.6 is 0 Å². The smallest absolute Gasteiger partial charge is 0.335 e. The third kappa shape index (κ3) is 1.94. The molecule has 0 radical (unpaired) electrons. The fourth-order valence-corrected chi connectivity index (χ4v) is 2.80. The van der Waals surface area contributed by atoms with E-state index < -0.39 is 5.97 Å². The Hall–Kier alpha value is -3.66. The van der Waals surface area contributed by atoms with E-state index in [4.69, 9.17) is 10.4 Å². The van der Waals surface area contributed by atoms with Crippen LogP contribution in [0.25, 0.3) is 27.9 Å². The largest absolute Gasteiger partial charge is 0.478 e. The Morgan fingerprint density at radius 3 is 2.88 bits per heavy atom. The summed E-state index contributed by atoms with van der Waals surface area (Å²) in [6.45, 7) is 0. The molecule has 116 valence electrons. The fraction of sp³-hybridized carbons (Fsp3) is 0.0588. The molecule has 0 unspecified atom stereocenters. The molecule has 7 heteroatoms. The lowest BCUT2D eigenvalue weighted by molar-refractivity contribution is 0.0697. The lowest BCUT2D eigenvalue weighted by Gasteiger charge is -2.00. The van der Waals surface area contributed by atoms with Crippen molar-refractivity contribution in [3.63, 3.8) is 0 Å². The van der Waals surface area contributed by atoms with Crippen LogP contribution in [0.5, 0.6) is 0 Å². The van der Waals surface area contributed by atoms with Crippen molar-refractivity contribution in [3.05, 3.63) is 53.9 Å². The fourth-order valence-electron chi connectivity index (χ4n) is 2.80. The molecule has 0 bridgehead atoms. The van der Waals surface area contributed by atoms with Gasteiger partial charge in [-0.05, 0) is 30.3 Å². The predicted octanol–water partition coefficient (Wildman–Crippen LogP) is 2.46. The minimum absolute atomic E-state index is 0.210. The molecule has 0 saturated heterocycles. The lowest BCUT2D eigenvalue weighted by Crippen LogP contribution is -1.96. The minimum Gasteiger partial charge on any atom is -0.478 e. The molecule has 0 saturated carbocycles. The zero-order valence-electron chi connectivity index (χ0n) is 12.6. The maximum Gasteiger partial charge on any atom is 0.335 e. The van der Waals surface area contributed by atoms with E-state index in [-0.39, 0.29) is 5.56 Å². The van der Waals surface area contributed by atoms with Crippen LogP contribution in [0.4, 0.5) is 0 Å². The Bertz CT molecular complexity index is 1160. The van der Waals surface area contributed by atoms with Crippen LogP contribution in [-0.4, -0.2) is 30.2 Å². The van der Waals surface area contributed by atoms with Crippen LogP contribution in [0.3, 0.4) is 0 Å². The highest BCUT2D eigenvalue weighted by atomic mass is 16.4. The molecule has 7 nitrogen and oxygen atoms in total. The summed E-state index contributed by atoms with van der Waals surface area (Å²) in [7, 11) is 1.77. The van der Waals surface area contributed by atoms with E-state index in [1.165, 1.54) is 0 Å². The van der Waals surface area contributed by atoms with Gasteiger partial charge in [0.25, 0.3) is 0 Å². The molecule has 4 rings (SSSR count). The second kappa shape index (κ2) is 4.93. The maximum absolute atomic E-state index is 11.2. The van der Waals surface area contributed by atoms with Crippen LogP contribution in [0.2, 0.25) is 0 Å². The normalized spacial score (nSPS) is 11.0. The van der Waals surface area contributed by atoms with Crippen LogP contribution < -0.4 is 0 Å². The number of carbonyl (C=O) groups is 1. The number of carboxylic acid groups (broad SMARTS) is 1. The van der Waals surface area contributed by atoms with Gasteiger partial charge in [0.1, 0.15) is 17.4 Å². The molecule has 24 heavy (non-hydrogen) atoms. The number of rotatable bonds is 2. The van der Waals surface area contributed by atoms with E-state index in [1.807, 2.05) is 4.40 Å². The van der Waals surface area contributed by atoms with Crippen LogP contribution in [-0.2, 0) is 7.05 Å². The van der Waals surface area contributed by atoms with Gasteiger partial charge in [-0.1, -0.05) is 0 Å². The second-order valence-electron chi connectivity index (χ2n) is 5.41. The van der Waals surface area contributed by atoms with Gasteiger partial charge >= 0.3 is 5.97 Å². The standard InChI is InChI=1S/C17H11N5O2/c1-21-13-6-11(17(23)24)3-4-12(13)16(20-21)14-8-19-15-5-2-10(7-18)9-22(14)15/h2-6,8-9H,1H3,(H,23,24). The van der Waals surface area contributed by atoms with Crippen molar-refractivity contribution in [2.45, 2.75) is 0 Å². The highest BCUT2D eigenvalue weighted by molar-refractivity contribution is 5.98. The first-order chi connectivity index (χ1) is 11.6. The molecule has 0 amide bonds. The molecule has 1 aromatic carbocycles. The Morgan fingerprint density at radius 2 is 2.12 bits per heavy atom. The molecule has 0 aliphatic rings. The molecule has 3 heterocycles. The van der Waals surface area contributed by atoms with Crippen molar-refractivity contribution >= 4 is 22.5 Å². The number of carboxylic acids is 1. The van der Waals surface area contributed by atoms with Gasteiger partial charge in [-0.2, -0.15) is 10.4 Å². The highest BCUT2D eigenvalue weighted by Gasteiger charge is 2.16. The van der Waals surface area contributed by atoms with Crippen molar-refractivity contribution < 1.29 is 9.90 Å². The van der Waals surface area contributed by atoms with Gasteiger partial charge in [-0.15, -0.1) is 0 Å². The van der Waals surface area contributed by atoms with Crippen molar-refractivity contribution in [2.75, 3.05) is 0 Å². The summed E-state index contributed by atoms with van der Waals surface area (Å²) < 4.78 is 3.45. The van der Waals surface area contributed by atoms with Crippen molar-refractivity contribution in [3.8, 4) is 17.5 Å². The average molecular weight is 317 g/mol. The number of aromatic nitrogens is 4. The van der Waals surface area contributed by atoms with E-state index in [0.717, 1.165) is 16.6 Å². The SMILES string of the molecule is Cn1nc(-c2cnc3ccc(C#N)cn23)c2ccc(C(=O)O)cc21. The lowest BCUT2D eigenvalue weighted by atomic mass is 10.1. The monoisotopic (exact) mass is 317 g/mol. The first kappa shape index (κ1) is 14.0. The number of nitrogens with zero attached hydrogens (tertiary/aromatic N) is 5. The number of imidazole rings is 1. The summed E-state index contributed by atoms with van der Waals surface area (Å²) in [5.41, 5.74) is 3.60. The molecule has 3 aromatic heterocycles. The maximum atomic E-state index is 11.2. The molecule has 0 spiro atoms. The van der Waals surface area contributed by atoms with Gasteiger partial charge < -0.3 is 5.11 Å². The van der Waals surface area contributed by atoms with E-state index in [1.54, 1.807) is 54.5 Å². The third-order valence-corrected chi connectivity index (χ3v) is 3.98. The summed E-state index contributed by atoms with van der Waals surface area (Å²) in [6, 6.07) is 10.5. The zero-order chi connectivity index (χ0) is 16.8. The molecular formula is C17H11N5O2. The number of aromatic carboxylic acids is 1. The van der Waals surface area contributed by atoms with Crippen LogP contribution in [0.1, 0.15) is 15.9 Å². The van der Waals surface area contributed by atoms with Crippen molar-refractivity contribution in [1.82, 2.24) is 19.2 Å². The van der Waals surface area contributed by atoms with E-state index in [0.29, 0.717) is 16.9 Å². The molecule has 0 fully saturated rings. The Labute approximate surface area is 136 Å². The minimum atomic E-state index is -0.979. The van der Waals surface area contributed by atoms with Gasteiger partial charge in [0.2, 0.25) is 0 Å². The number of fused-ring (bicyclic) bond motifs is 2. The molecule has 0 atom stereocenters. The number of hydrogen-bond acceptors (Lipinski definition) is 4. The van der Waals surface area contributed by atoms with Gasteiger partial charge in [-0.25, -0.2) is 9.78 Å². The molecule has 0 aliphatic heterocycles. The molecule has 4 aromatic rings. The van der Waals surface area contributed by atoms with Crippen molar-refractivity contribution in [2.24, 2.45) is 7.05 Å². The predicted molar refractivity (Wildman–Crippen MR) is 86.6 cm³/mol. The van der Waals surface area contributed by atoms with Crippen LogP contribution in [0, 0.1) is 11.3 Å². The number of benzene rings is 1.